The molecule has 0 aliphatic carbocycles. The van der Waals surface area contributed by atoms with Crippen molar-refractivity contribution < 1.29 is 19.4 Å². The second-order valence-corrected chi connectivity index (χ2v) is 3.56. The predicted molar refractivity (Wildman–Crippen MR) is 57.9 cm³/mol. The van der Waals surface area contributed by atoms with Gasteiger partial charge in [-0.2, -0.15) is 0 Å². The molecule has 1 heterocycles. The van der Waals surface area contributed by atoms with Crippen molar-refractivity contribution in [3.63, 3.8) is 0 Å². The lowest BCUT2D eigenvalue weighted by Gasteiger charge is -2.22. The van der Waals surface area contributed by atoms with E-state index in [1.54, 1.807) is 18.2 Å². The molecule has 2 N–H and O–H groups in total. The first-order valence-electron chi connectivity index (χ1n) is 5.03. The van der Waals surface area contributed by atoms with E-state index in [0.717, 1.165) is 0 Å². The van der Waals surface area contributed by atoms with E-state index in [1.165, 1.54) is 6.08 Å². The van der Waals surface area contributed by atoms with E-state index in [9.17, 15) is 9.59 Å². The molecule has 16 heavy (non-hydrogen) atoms. The quantitative estimate of drug-likeness (QED) is 0.539. The summed E-state index contributed by atoms with van der Waals surface area (Å²) in [6.45, 7) is 2.20. The van der Waals surface area contributed by atoms with Crippen LogP contribution in [-0.4, -0.2) is 35.7 Å². The molecule has 0 aromatic heterocycles. The van der Waals surface area contributed by atoms with Crippen molar-refractivity contribution in [1.82, 2.24) is 5.32 Å². The van der Waals surface area contributed by atoms with Gasteiger partial charge in [0.05, 0.1) is 6.61 Å². The summed E-state index contributed by atoms with van der Waals surface area (Å²) < 4.78 is 5.01. The highest BCUT2D eigenvalue weighted by Crippen LogP contribution is 2.18. The molecular weight excluding hydrogens is 210 g/mol. The Kier molecular flexibility index (Phi) is 4.25. The van der Waals surface area contributed by atoms with Crippen molar-refractivity contribution in [2.75, 3.05) is 13.2 Å². The Balaban J connectivity index is 2.63. The van der Waals surface area contributed by atoms with Crippen LogP contribution in [-0.2, 0) is 14.3 Å². The van der Waals surface area contributed by atoms with E-state index in [2.05, 4.69) is 5.32 Å². The zero-order chi connectivity index (χ0) is 12.0. The molecule has 1 saturated heterocycles. The summed E-state index contributed by atoms with van der Waals surface area (Å²) in [7, 11) is 0. The molecule has 1 unspecified atom stereocenters. The second-order valence-electron chi connectivity index (χ2n) is 3.56. The van der Waals surface area contributed by atoms with Crippen molar-refractivity contribution in [3.8, 4) is 0 Å². The van der Waals surface area contributed by atoms with Crippen LogP contribution in [0.5, 0.6) is 0 Å². The lowest BCUT2D eigenvalue weighted by molar-refractivity contribution is -0.147. The SMILES string of the molecule is CC=CC=CC(=O)NC1(C(=O)O)CCOC1. The maximum atomic E-state index is 11.4. The normalized spacial score (nSPS) is 25.3. The van der Waals surface area contributed by atoms with Gasteiger partial charge in [-0.25, -0.2) is 4.79 Å². The van der Waals surface area contributed by atoms with Gasteiger partial charge in [0.2, 0.25) is 5.91 Å². The Morgan fingerprint density at radius 1 is 1.44 bits per heavy atom. The minimum Gasteiger partial charge on any atom is -0.479 e. The van der Waals surface area contributed by atoms with Crippen LogP contribution in [0.2, 0.25) is 0 Å². The highest BCUT2D eigenvalue weighted by molar-refractivity contribution is 5.93. The van der Waals surface area contributed by atoms with E-state index in [-0.39, 0.29) is 6.61 Å². The van der Waals surface area contributed by atoms with Crippen LogP contribution in [0.3, 0.4) is 0 Å². The molecule has 1 amide bonds. The summed E-state index contributed by atoms with van der Waals surface area (Å²) in [6, 6.07) is 0. The van der Waals surface area contributed by atoms with Crippen LogP contribution >= 0.6 is 0 Å². The number of nitrogens with one attached hydrogen (secondary N) is 1. The molecule has 5 heteroatoms. The molecule has 0 aromatic carbocycles. The lowest BCUT2D eigenvalue weighted by Crippen LogP contribution is -2.54. The second kappa shape index (κ2) is 5.46. The number of hydrogen-bond donors (Lipinski definition) is 2. The molecule has 0 aromatic rings. The molecule has 0 bridgehead atoms. The van der Waals surface area contributed by atoms with Crippen molar-refractivity contribution in [1.29, 1.82) is 0 Å². The van der Waals surface area contributed by atoms with Gasteiger partial charge in [-0.3, -0.25) is 4.79 Å². The standard InChI is InChI=1S/C11H15NO4/c1-2-3-4-5-9(13)12-11(10(14)15)6-7-16-8-11/h2-5H,6-8H2,1H3,(H,12,13)(H,14,15). The van der Waals surface area contributed by atoms with Crippen molar-refractivity contribution in [2.24, 2.45) is 0 Å². The third kappa shape index (κ3) is 2.93. The molecule has 1 aliphatic heterocycles. The van der Waals surface area contributed by atoms with Gasteiger partial charge >= 0.3 is 5.97 Å². The van der Waals surface area contributed by atoms with Crippen LogP contribution in [0.4, 0.5) is 0 Å². The number of ether oxygens (including phenoxy) is 1. The number of carbonyl (C=O) groups is 2. The highest BCUT2D eigenvalue weighted by Gasteiger charge is 2.43. The van der Waals surface area contributed by atoms with Crippen molar-refractivity contribution in [2.45, 2.75) is 18.9 Å². The first kappa shape index (κ1) is 12.4. The van der Waals surface area contributed by atoms with Crippen LogP contribution in [0.15, 0.2) is 24.3 Å². The van der Waals surface area contributed by atoms with Crippen LogP contribution in [0.25, 0.3) is 0 Å². The number of amides is 1. The highest BCUT2D eigenvalue weighted by atomic mass is 16.5. The monoisotopic (exact) mass is 225 g/mol. The van der Waals surface area contributed by atoms with Gasteiger partial charge in [-0.15, -0.1) is 0 Å². The Hall–Kier alpha value is -1.62. The lowest BCUT2D eigenvalue weighted by atomic mass is 9.99. The van der Waals surface area contributed by atoms with E-state index in [1.807, 2.05) is 6.92 Å². The van der Waals surface area contributed by atoms with Gasteiger partial charge in [-0.1, -0.05) is 18.2 Å². The number of carboxylic acids is 1. The summed E-state index contributed by atoms with van der Waals surface area (Å²) in [5.41, 5.74) is -1.27. The number of carboxylic acid groups (broad SMARTS) is 1. The first-order valence-corrected chi connectivity index (χ1v) is 5.03. The Morgan fingerprint density at radius 2 is 2.19 bits per heavy atom. The minimum atomic E-state index is -1.27. The smallest absolute Gasteiger partial charge is 0.331 e. The summed E-state index contributed by atoms with van der Waals surface area (Å²) in [5, 5.41) is 11.5. The summed E-state index contributed by atoms with van der Waals surface area (Å²) in [6.07, 6.45) is 6.61. The zero-order valence-electron chi connectivity index (χ0n) is 9.10. The number of allylic oxidation sites excluding steroid dienone is 3. The molecule has 0 saturated carbocycles. The molecule has 88 valence electrons. The van der Waals surface area contributed by atoms with Gasteiger partial charge in [0.1, 0.15) is 0 Å². The third-order valence-electron chi connectivity index (χ3n) is 2.34. The number of aliphatic carboxylic acids is 1. The molecule has 5 nitrogen and oxygen atoms in total. The third-order valence-corrected chi connectivity index (χ3v) is 2.34. The van der Waals surface area contributed by atoms with Gasteiger partial charge < -0.3 is 15.2 Å². The van der Waals surface area contributed by atoms with E-state index in [0.29, 0.717) is 13.0 Å². The Morgan fingerprint density at radius 3 is 2.69 bits per heavy atom. The largest absolute Gasteiger partial charge is 0.479 e. The fraction of sp³-hybridized carbons (Fsp3) is 0.455. The fourth-order valence-electron chi connectivity index (χ4n) is 1.42. The molecule has 1 aliphatic rings. The number of carbonyl (C=O) groups excluding carboxylic acids is 1. The fourth-order valence-corrected chi connectivity index (χ4v) is 1.42. The van der Waals surface area contributed by atoms with Crippen LogP contribution < -0.4 is 5.32 Å². The van der Waals surface area contributed by atoms with E-state index >= 15 is 0 Å². The maximum Gasteiger partial charge on any atom is 0.331 e. The number of rotatable bonds is 4. The van der Waals surface area contributed by atoms with E-state index < -0.39 is 17.4 Å². The average Bonchev–Trinajstić information content (AvgIpc) is 2.68. The topological polar surface area (TPSA) is 75.6 Å². The molecule has 1 atom stereocenters. The van der Waals surface area contributed by atoms with E-state index in [4.69, 9.17) is 9.84 Å². The summed E-state index contributed by atoms with van der Waals surface area (Å²) in [4.78, 5) is 22.5. The van der Waals surface area contributed by atoms with Gasteiger partial charge in [0, 0.05) is 19.1 Å². The van der Waals surface area contributed by atoms with Gasteiger partial charge in [0.25, 0.3) is 0 Å². The predicted octanol–water partition coefficient (Wildman–Crippen LogP) is 0.479. The molecule has 1 rings (SSSR count). The Bertz CT molecular complexity index is 327. The number of hydrogen-bond acceptors (Lipinski definition) is 3. The maximum absolute atomic E-state index is 11.4. The Labute approximate surface area is 93.8 Å². The summed E-state index contributed by atoms with van der Waals surface area (Å²) >= 11 is 0. The summed E-state index contributed by atoms with van der Waals surface area (Å²) in [5.74, 6) is -1.48. The van der Waals surface area contributed by atoms with Crippen LogP contribution in [0, 0.1) is 0 Å². The zero-order valence-corrected chi connectivity index (χ0v) is 9.10. The molecule has 0 spiro atoms. The van der Waals surface area contributed by atoms with Crippen molar-refractivity contribution in [3.05, 3.63) is 24.3 Å². The first-order chi connectivity index (χ1) is 7.60. The molecule has 1 fully saturated rings. The van der Waals surface area contributed by atoms with Gasteiger partial charge in [-0.05, 0) is 6.92 Å². The van der Waals surface area contributed by atoms with Gasteiger partial charge in [0.15, 0.2) is 5.54 Å². The minimum absolute atomic E-state index is 0.0194. The molecule has 0 radical (unpaired) electrons. The van der Waals surface area contributed by atoms with Crippen LogP contribution in [0.1, 0.15) is 13.3 Å². The average molecular weight is 225 g/mol. The molecular formula is C11H15NO4. The van der Waals surface area contributed by atoms with Crippen molar-refractivity contribution >= 4 is 11.9 Å².